The van der Waals surface area contributed by atoms with Crippen LogP contribution in [0.1, 0.15) is 11.1 Å². The molecule has 0 N–H and O–H groups in total. The predicted molar refractivity (Wildman–Crippen MR) is 133 cm³/mol. The number of nitrogens with zero attached hydrogens (tertiary/aromatic N) is 1. The van der Waals surface area contributed by atoms with Gasteiger partial charge in [0.2, 0.25) is 0 Å². The van der Waals surface area contributed by atoms with Crippen LogP contribution in [0.4, 0.5) is 5.69 Å². The second kappa shape index (κ2) is 8.96. The zero-order valence-electron chi connectivity index (χ0n) is 17.3. The predicted octanol–water partition coefficient (Wildman–Crippen LogP) is 5.99. The number of anilines is 1. The molecule has 1 amide bonds. The lowest BCUT2D eigenvalue weighted by Gasteiger charge is -2.17. The number of carbonyl (C=O) groups excluding carboxylic acids is 1. The van der Waals surface area contributed by atoms with E-state index in [0.29, 0.717) is 27.1 Å². The zero-order chi connectivity index (χ0) is 22.0. The van der Waals surface area contributed by atoms with E-state index in [2.05, 4.69) is 6.58 Å². The minimum absolute atomic E-state index is 0.133. The Labute approximate surface area is 191 Å². The second-order valence-corrected chi connectivity index (χ2v) is 8.60. The third-order valence-corrected chi connectivity index (χ3v) is 6.34. The first kappa shape index (κ1) is 21.2. The summed E-state index contributed by atoms with van der Waals surface area (Å²) in [7, 11) is 3.21. The Hall–Kier alpha value is -3.09. The number of thioether (sulfide) groups is 1. The summed E-state index contributed by atoms with van der Waals surface area (Å²) in [5.41, 5.74) is 2.57. The van der Waals surface area contributed by atoms with Gasteiger partial charge in [-0.3, -0.25) is 9.69 Å². The van der Waals surface area contributed by atoms with Crippen molar-refractivity contribution in [2.45, 2.75) is 6.42 Å². The average Bonchev–Trinajstić information content (AvgIpc) is 3.05. The van der Waals surface area contributed by atoms with Crippen molar-refractivity contribution in [2.75, 3.05) is 19.1 Å². The Morgan fingerprint density at radius 3 is 2.61 bits per heavy atom. The molecule has 1 fully saturated rings. The molecule has 0 unspecified atom stereocenters. The van der Waals surface area contributed by atoms with Crippen molar-refractivity contribution in [1.82, 2.24) is 0 Å². The van der Waals surface area contributed by atoms with Gasteiger partial charge in [0.1, 0.15) is 0 Å². The summed E-state index contributed by atoms with van der Waals surface area (Å²) < 4.78 is 11.5. The largest absolute Gasteiger partial charge is 0.493 e. The first-order chi connectivity index (χ1) is 15.1. The van der Waals surface area contributed by atoms with Gasteiger partial charge >= 0.3 is 0 Å². The van der Waals surface area contributed by atoms with E-state index in [1.54, 1.807) is 25.2 Å². The fourth-order valence-electron chi connectivity index (χ4n) is 3.69. The molecule has 0 bridgehead atoms. The summed E-state index contributed by atoms with van der Waals surface area (Å²) in [5, 5.41) is 2.05. The van der Waals surface area contributed by atoms with Crippen molar-refractivity contribution in [3.05, 3.63) is 83.3 Å². The van der Waals surface area contributed by atoms with Crippen molar-refractivity contribution in [2.24, 2.45) is 0 Å². The number of benzene rings is 3. The van der Waals surface area contributed by atoms with Gasteiger partial charge in [-0.05, 0) is 41.6 Å². The second-order valence-electron chi connectivity index (χ2n) is 6.92. The van der Waals surface area contributed by atoms with Crippen LogP contribution in [0, 0.1) is 0 Å². The van der Waals surface area contributed by atoms with Crippen molar-refractivity contribution < 1.29 is 14.3 Å². The van der Waals surface area contributed by atoms with Gasteiger partial charge in [-0.1, -0.05) is 66.5 Å². The lowest BCUT2D eigenvalue weighted by atomic mass is 10.0. The number of fused-ring (bicyclic) bond motifs is 1. The minimum atomic E-state index is -0.133. The van der Waals surface area contributed by atoms with Crippen LogP contribution in [-0.2, 0) is 11.2 Å². The van der Waals surface area contributed by atoms with E-state index in [1.807, 2.05) is 60.7 Å². The third-order valence-electron chi connectivity index (χ3n) is 5.04. The molecule has 1 aliphatic rings. The smallest absolute Gasteiger partial charge is 0.270 e. The van der Waals surface area contributed by atoms with Gasteiger partial charge in [-0.2, -0.15) is 0 Å². The number of hydrogen-bond acceptors (Lipinski definition) is 5. The molecule has 3 aromatic carbocycles. The molecule has 3 aromatic rings. The summed E-state index contributed by atoms with van der Waals surface area (Å²) >= 11 is 6.88. The van der Waals surface area contributed by atoms with E-state index in [-0.39, 0.29) is 5.91 Å². The number of carbonyl (C=O) groups is 1. The van der Waals surface area contributed by atoms with E-state index < -0.39 is 0 Å². The van der Waals surface area contributed by atoms with Gasteiger partial charge in [-0.25, -0.2) is 0 Å². The lowest BCUT2D eigenvalue weighted by molar-refractivity contribution is -0.113. The molecule has 4 nitrogen and oxygen atoms in total. The molecule has 1 heterocycles. The molecule has 0 aromatic heterocycles. The summed E-state index contributed by atoms with van der Waals surface area (Å²) in [6, 6.07) is 17.7. The molecular weight excluding hydrogens is 426 g/mol. The zero-order valence-corrected chi connectivity index (χ0v) is 18.9. The molecule has 1 saturated heterocycles. The van der Waals surface area contributed by atoms with Gasteiger partial charge in [0.25, 0.3) is 5.91 Å². The fourth-order valence-corrected chi connectivity index (χ4v) is 4.97. The molecule has 0 atom stereocenters. The van der Waals surface area contributed by atoms with Crippen LogP contribution in [0.15, 0.2) is 72.2 Å². The monoisotopic (exact) mass is 447 g/mol. The van der Waals surface area contributed by atoms with Crippen LogP contribution in [0.3, 0.4) is 0 Å². The summed E-state index contributed by atoms with van der Waals surface area (Å²) in [6.07, 6.45) is 4.28. The highest BCUT2D eigenvalue weighted by molar-refractivity contribution is 8.27. The van der Waals surface area contributed by atoms with Crippen molar-refractivity contribution in [1.29, 1.82) is 0 Å². The Morgan fingerprint density at radius 2 is 1.87 bits per heavy atom. The number of methoxy groups -OCH3 is 2. The molecule has 4 rings (SSSR count). The Bertz CT molecular complexity index is 1230. The maximum atomic E-state index is 13.3. The normalized spacial score (nSPS) is 15.0. The van der Waals surface area contributed by atoms with E-state index in [0.717, 1.165) is 27.6 Å². The molecule has 0 radical (unpaired) electrons. The van der Waals surface area contributed by atoms with Gasteiger partial charge in [0.05, 0.1) is 24.8 Å². The summed E-state index contributed by atoms with van der Waals surface area (Å²) in [6.45, 7) is 3.82. The lowest BCUT2D eigenvalue weighted by Crippen LogP contribution is -2.27. The Kier molecular flexibility index (Phi) is 6.11. The quantitative estimate of drug-likeness (QED) is 0.264. The number of ether oxygens (including phenoxy) is 2. The summed E-state index contributed by atoms with van der Waals surface area (Å²) in [5.74, 6) is 1.15. The maximum absolute atomic E-state index is 13.3. The van der Waals surface area contributed by atoms with E-state index in [1.165, 1.54) is 11.8 Å². The van der Waals surface area contributed by atoms with Crippen LogP contribution in [0.2, 0.25) is 0 Å². The van der Waals surface area contributed by atoms with Gasteiger partial charge < -0.3 is 9.47 Å². The van der Waals surface area contributed by atoms with Crippen LogP contribution in [0.5, 0.6) is 11.5 Å². The highest BCUT2D eigenvalue weighted by Gasteiger charge is 2.34. The van der Waals surface area contributed by atoms with E-state index >= 15 is 0 Å². The van der Waals surface area contributed by atoms with Crippen LogP contribution < -0.4 is 14.4 Å². The van der Waals surface area contributed by atoms with E-state index in [4.69, 9.17) is 21.7 Å². The van der Waals surface area contributed by atoms with Crippen molar-refractivity contribution >= 4 is 56.7 Å². The molecule has 0 aliphatic carbocycles. The number of hydrogen-bond donors (Lipinski definition) is 0. The summed E-state index contributed by atoms with van der Waals surface area (Å²) in [4.78, 5) is 15.5. The standard InChI is InChI=1S/C25H21NO3S2/c1-4-8-18-13-16(14-21(28-2)23(18)29-3)15-22-24(27)26(25(30)31-22)20-12-7-10-17-9-5-6-11-19(17)20/h4-7,9-15H,1,8H2,2-3H3/b22-15+. The van der Waals surface area contributed by atoms with Crippen LogP contribution >= 0.6 is 24.0 Å². The molecule has 0 saturated carbocycles. The topological polar surface area (TPSA) is 38.8 Å². The van der Waals surface area contributed by atoms with Crippen molar-refractivity contribution in [3.8, 4) is 11.5 Å². The Balaban J connectivity index is 1.75. The number of rotatable bonds is 6. The van der Waals surface area contributed by atoms with Crippen LogP contribution in [-0.4, -0.2) is 24.4 Å². The van der Waals surface area contributed by atoms with Gasteiger partial charge in [-0.15, -0.1) is 6.58 Å². The first-order valence-electron chi connectivity index (χ1n) is 9.69. The molecule has 0 spiro atoms. The number of thiocarbonyl (C=S) groups is 1. The molecular formula is C25H21NO3S2. The van der Waals surface area contributed by atoms with Crippen LogP contribution in [0.25, 0.3) is 16.8 Å². The third kappa shape index (κ3) is 3.96. The molecule has 6 heteroatoms. The van der Waals surface area contributed by atoms with Gasteiger partial charge in [0.15, 0.2) is 15.8 Å². The average molecular weight is 448 g/mol. The Morgan fingerprint density at radius 1 is 1.10 bits per heavy atom. The molecule has 31 heavy (non-hydrogen) atoms. The highest BCUT2D eigenvalue weighted by Crippen LogP contribution is 2.40. The SMILES string of the molecule is C=CCc1cc(/C=C2/SC(=S)N(c3cccc4ccccc34)C2=O)cc(OC)c1OC. The van der Waals surface area contributed by atoms with Gasteiger partial charge in [0, 0.05) is 10.9 Å². The van der Waals surface area contributed by atoms with E-state index in [9.17, 15) is 4.79 Å². The van der Waals surface area contributed by atoms with Crippen molar-refractivity contribution in [3.63, 3.8) is 0 Å². The first-order valence-corrected chi connectivity index (χ1v) is 10.9. The highest BCUT2D eigenvalue weighted by atomic mass is 32.2. The maximum Gasteiger partial charge on any atom is 0.270 e. The minimum Gasteiger partial charge on any atom is -0.493 e. The molecule has 1 aliphatic heterocycles. The fraction of sp³-hybridized carbons (Fsp3) is 0.120. The number of allylic oxidation sites excluding steroid dienone is 1. The molecule has 156 valence electrons. The number of amides is 1.